The van der Waals surface area contributed by atoms with Crippen molar-refractivity contribution in [2.24, 2.45) is 11.8 Å². The number of furan rings is 1. The first-order valence-electron chi connectivity index (χ1n) is 6.80. The van der Waals surface area contributed by atoms with Gasteiger partial charge in [-0.2, -0.15) is 0 Å². The molecular weight excluding hydrogens is 260 g/mol. The van der Waals surface area contributed by atoms with Crippen LogP contribution < -0.4 is 5.32 Å². The number of carboxylic acid groups (broad SMARTS) is 1. The third kappa shape index (κ3) is 3.53. The lowest BCUT2D eigenvalue weighted by atomic mass is 9.92. The van der Waals surface area contributed by atoms with Gasteiger partial charge in [-0.1, -0.05) is 13.8 Å². The van der Waals surface area contributed by atoms with Crippen molar-refractivity contribution < 1.29 is 19.1 Å². The summed E-state index contributed by atoms with van der Waals surface area (Å²) in [6.07, 6.45) is 1.14. The molecule has 2 rings (SSSR count). The van der Waals surface area contributed by atoms with E-state index in [-0.39, 0.29) is 18.3 Å². The lowest BCUT2D eigenvalue weighted by Crippen LogP contribution is -2.47. The van der Waals surface area contributed by atoms with Gasteiger partial charge in [-0.05, 0) is 30.4 Å². The number of piperidine rings is 1. The quantitative estimate of drug-likeness (QED) is 0.888. The maximum absolute atomic E-state index is 12.1. The summed E-state index contributed by atoms with van der Waals surface area (Å²) in [5, 5.41) is 11.5. The van der Waals surface area contributed by atoms with E-state index < -0.39 is 5.97 Å². The van der Waals surface area contributed by atoms with Crippen molar-refractivity contribution in [3.05, 3.63) is 23.7 Å². The van der Waals surface area contributed by atoms with Crippen LogP contribution in [0.4, 0.5) is 4.79 Å². The second-order valence-electron chi connectivity index (χ2n) is 5.58. The first-order valence-corrected chi connectivity index (χ1v) is 6.80. The molecule has 110 valence electrons. The molecule has 0 aromatic carbocycles. The topological polar surface area (TPSA) is 82.8 Å². The van der Waals surface area contributed by atoms with E-state index >= 15 is 0 Å². The van der Waals surface area contributed by atoms with E-state index in [9.17, 15) is 9.59 Å². The number of hydrogen-bond acceptors (Lipinski definition) is 3. The minimum atomic E-state index is -1.11. The number of hydrogen-bond donors (Lipinski definition) is 2. The van der Waals surface area contributed by atoms with Gasteiger partial charge in [-0.15, -0.1) is 0 Å². The van der Waals surface area contributed by atoms with Crippen LogP contribution >= 0.6 is 0 Å². The van der Waals surface area contributed by atoms with E-state index in [1.54, 1.807) is 11.0 Å². The SMILES string of the molecule is CC1CC(C)CN(C(=O)NCc2ccc(C(=O)O)o2)C1. The summed E-state index contributed by atoms with van der Waals surface area (Å²) in [6.45, 7) is 6.00. The van der Waals surface area contributed by atoms with E-state index in [0.29, 0.717) is 17.6 Å². The Morgan fingerprint density at radius 1 is 1.35 bits per heavy atom. The highest BCUT2D eigenvalue weighted by atomic mass is 16.4. The van der Waals surface area contributed by atoms with Crippen molar-refractivity contribution in [3.8, 4) is 0 Å². The van der Waals surface area contributed by atoms with Crippen LogP contribution in [0.15, 0.2) is 16.5 Å². The zero-order valence-corrected chi connectivity index (χ0v) is 11.8. The molecule has 0 bridgehead atoms. The smallest absolute Gasteiger partial charge is 0.371 e. The van der Waals surface area contributed by atoms with E-state index in [2.05, 4.69) is 19.2 Å². The number of likely N-dealkylation sites (tertiary alicyclic amines) is 1. The maximum atomic E-state index is 12.1. The number of urea groups is 1. The Bertz CT molecular complexity index is 487. The van der Waals surface area contributed by atoms with Crippen LogP contribution in [0.25, 0.3) is 0 Å². The number of rotatable bonds is 3. The molecule has 2 heterocycles. The van der Waals surface area contributed by atoms with Gasteiger partial charge in [-0.25, -0.2) is 9.59 Å². The predicted octanol–water partition coefficient (Wildman–Crippen LogP) is 2.17. The predicted molar refractivity (Wildman–Crippen MR) is 72.4 cm³/mol. The van der Waals surface area contributed by atoms with Crippen molar-refractivity contribution in [1.29, 1.82) is 0 Å². The lowest BCUT2D eigenvalue weighted by Gasteiger charge is -2.34. The molecule has 1 aliphatic rings. The minimum absolute atomic E-state index is 0.116. The zero-order valence-electron chi connectivity index (χ0n) is 11.8. The molecule has 6 nitrogen and oxygen atoms in total. The Morgan fingerprint density at radius 3 is 2.55 bits per heavy atom. The summed E-state index contributed by atoms with van der Waals surface area (Å²) >= 11 is 0. The average molecular weight is 280 g/mol. The third-order valence-electron chi connectivity index (χ3n) is 3.44. The number of nitrogens with one attached hydrogen (secondary N) is 1. The number of nitrogens with zero attached hydrogens (tertiary/aromatic N) is 1. The van der Waals surface area contributed by atoms with Gasteiger partial charge in [0.05, 0.1) is 6.54 Å². The molecule has 2 unspecified atom stereocenters. The van der Waals surface area contributed by atoms with Gasteiger partial charge in [0.25, 0.3) is 0 Å². The van der Waals surface area contributed by atoms with Crippen molar-refractivity contribution in [2.75, 3.05) is 13.1 Å². The summed E-state index contributed by atoms with van der Waals surface area (Å²) in [6, 6.07) is 2.82. The molecule has 2 atom stereocenters. The van der Waals surface area contributed by atoms with Crippen LogP contribution in [0.1, 0.15) is 36.6 Å². The average Bonchev–Trinajstić information content (AvgIpc) is 2.83. The summed E-state index contributed by atoms with van der Waals surface area (Å²) in [7, 11) is 0. The lowest BCUT2D eigenvalue weighted by molar-refractivity contribution is 0.0660. The molecule has 6 heteroatoms. The van der Waals surface area contributed by atoms with Crippen LogP contribution in [0.5, 0.6) is 0 Å². The molecule has 0 aliphatic carbocycles. The monoisotopic (exact) mass is 280 g/mol. The standard InChI is InChI=1S/C14H20N2O4/c1-9-5-10(2)8-16(7-9)14(19)15-6-11-3-4-12(20-11)13(17)18/h3-4,9-10H,5-8H2,1-2H3,(H,15,19)(H,17,18). The largest absolute Gasteiger partial charge is 0.475 e. The highest BCUT2D eigenvalue weighted by Gasteiger charge is 2.25. The Balaban J connectivity index is 1.86. The number of carbonyl (C=O) groups is 2. The fraction of sp³-hybridized carbons (Fsp3) is 0.571. The Labute approximate surface area is 117 Å². The molecule has 1 aromatic rings. The van der Waals surface area contributed by atoms with E-state index in [1.807, 2.05) is 0 Å². The Morgan fingerprint density at radius 2 is 2.00 bits per heavy atom. The van der Waals surface area contributed by atoms with Gasteiger partial charge in [0.2, 0.25) is 5.76 Å². The Hall–Kier alpha value is -1.98. The van der Waals surface area contributed by atoms with Crippen LogP contribution in [-0.2, 0) is 6.54 Å². The van der Waals surface area contributed by atoms with E-state index in [1.165, 1.54) is 6.07 Å². The van der Waals surface area contributed by atoms with Gasteiger partial charge in [0, 0.05) is 13.1 Å². The van der Waals surface area contributed by atoms with E-state index in [4.69, 9.17) is 9.52 Å². The summed E-state index contributed by atoms with van der Waals surface area (Å²) in [5.41, 5.74) is 0. The first kappa shape index (κ1) is 14.4. The van der Waals surface area contributed by atoms with Gasteiger partial charge >= 0.3 is 12.0 Å². The van der Waals surface area contributed by atoms with Crippen molar-refractivity contribution in [1.82, 2.24) is 10.2 Å². The van der Waals surface area contributed by atoms with E-state index in [0.717, 1.165) is 19.5 Å². The summed E-state index contributed by atoms with van der Waals surface area (Å²) in [5.74, 6) is 0.225. The number of amides is 2. The highest BCUT2D eigenvalue weighted by molar-refractivity contribution is 5.84. The minimum Gasteiger partial charge on any atom is -0.475 e. The maximum Gasteiger partial charge on any atom is 0.371 e. The first-order chi connectivity index (χ1) is 9.45. The fourth-order valence-electron chi connectivity index (χ4n) is 2.69. The molecule has 2 amide bonds. The molecular formula is C14H20N2O4. The molecule has 1 aliphatic heterocycles. The molecule has 0 spiro atoms. The Kier molecular flexibility index (Phi) is 4.32. The highest BCUT2D eigenvalue weighted by Crippen LogP contribution is 2.20. The summed E-state index contributed by atoms with van der Waals surface area (Å²) in [4.78, 5) is 24.5. The number of aromatic carboxylic acids is 1. The molecule has 0 saturated carbocycles. The second kappa shape index (κ2) is 5.98. The summed E-state index contributed by atoms with van der Waals surface area (Å²) < 4.78 is 5.09. The zero-order chi connectivity index (χ0) is 14.7. The van der Waals surface area contributed by atoms with Gasteiger partial charge in [0.1, 0.15) is 5.76 Å². The van der Waals surface area contributed by atoms with Gasteiger partial charge in [0.15, 0.2) is 0 Å². The molecule has 1 aromatic heterocycles. The van der Waals surface area contributed by atoms with Gasteiger partial charge < -0.3 is 19.7 Å². The second-order valence-corrected chi connectivity index (χ2v) is 5.58. The third-order valence-corrected chi connectivity index (χ3v) is 3.44. The van der Waals surface area contributed by atoms with Crippen LogP contribution in [0.3, 0.4) is 0 Å². The number of carbonyl (C=O) groups excluding carboxylic acids is 1. The molecule has 1 saturated heterocycles. The van der Waals surface area contributed by atoms with Gasteiger partial charge in [-0.3, -0.25) is 0 Å². The molecule has 0 radical (unpaired) electrons. The molecule has 1 fully saturated rings. The van der Waals surface area contributed by atoms with Crippen molar-refractivity contribution in [2.45, 2.75) is 26.8 Å². The number of carboxylic acids is 1. The molecule has 2 N–H and O–H groups in total. The van der Waals surface area contributed by atoms with Crippen LogP contribution in [0.2, 0.25) is 0 Å². The normalized spacial score (nSPS) is 22.6. The molecule has 20 heavy (non-hydrogen) atoms. The van der Waals surface area contributed by atoms with Crippen molar-refractivity contribution >= 4 is 12.0 Å². The van der Waals surface area contributed by atoms with Crippen LogP contribution in [0, 0.1) is 11.8 Å². The van der Waals surface area contributed by atoms with Crippen LogP contribution in [-0.4, -0.2) is 35.1 Å². The van der Waals surface area contributed by atoms with Crippen molar-refractivity contribution in [3.63, 3.8) is 0 Å². The fourth-order valence-corrected chi connectivity index (χ4v) is 2.69.